The molecule has 1 fully saturated rings. The maximum atomic E-state index is 11.6. The number of carbonyl (C=O) groups is 1. The van der Waals surface area contributed by atoms with E-state index in [2.05, 4.69) is 22.3 Å². The van der Waals surface area contributed by atoms with E-state index in [0.29, 0.717) is 12.8 Å². The van der Waals surface area contributed by atoms with Crippen LogP contribution in [0.2, 0.25) is 0 Å². The molecule has 0 atom stereocenters. The van der Waals surface area contributed by atoms with Crippen molar-refractivity contribution in [1.29, 1.82) is 0 Å². The fourth-order valence-electron chi connectivity index (χ4n) is 2.91. The third-order valence-electron chi connectivity index (χ3n) is 3.93. The molecule has 0 spiro atoms. The van der Waals surface area contributed by atoms with Crippen LogP contribution in [0.5, 0.6) is 0 Å². The van der Waals surface area contributed by atoms with E-state index >= 15 is 0 Å². The van der Waals surface area contributed by atoms with Gasteiger partial charge in [0.15, 0.2) is 0 Å². The van der Waals surface area contributed by atoms with E-state index in [-0.39, 0.29) is 6.04 Å². The quantitative estimate of drug-likeness (QED) is 0.865. The van der Waals surface area contributed by atoms with Crippen molar-refractivity contribution in [2.75, 3.05) is 13.1 Å². The van der Waals surface area contributed by atoms with Gasteiger partial charge in [-0.3, -0.25) is 15.0 Å². The highest BCUT2D eigenvalue weighted by molar-refractivity contribution is 5.79. The number of aliphatic carboxylic acids is 1. The predicted molar refractivity (Wildman–Crippen MR) is 79.6 cm³/mol. The number of nitrogens with zero attached hydrogens (tertiary/aromatic N) is 1. The second kappa shape index (κ2) is 6.37. The third kappa shape index (κ3) is 3.58. The molecule has 1 saturated heterocycles. The maximum Gasteiger partial charge on any atom is 0.324 e. The summed E-state index contributed by atoms with van der Waals surface area (Å²) in [7, 11) is 0. The Morgan fingerprint density at radius 2 is 1.90 bits per heavy atom. The Kier molecular flexibility index (Phi) is 4.78. The minimum atomic E-state index is -0.749. The molecule has 1 aromatic rings. The van der Waals surface area contributed by atoms with Gasteiger partial charge in [0.25, 0.3) is 0 Å². The number of rotatable bonds is 5. The average molecular weight is 276 g/mol. The molecule has 1 aliphatic rings. The number of carboxylic acids is 1. The van der Waals surface area contributed by atoms with E-state index in [9.17, 15) is 9.90 Å². The minimum Gasteiger partial charge on any atom is -0.480 e. The summed E-state index contributed by atoms with van der Waals surface area (Å²) in [6.07, 6.45) is 1.32. The molecule has 0 bridgehead atoms. The lowest BCUT2D eigenvalue weighted by Gasteiger charge is -2.40. The molecule has 0 aromatic heterocycles. The van der Waals surface area contributed by atoms with Crippen LogP contribution in [0.15, 0.2) is 30.3 Å². The molecular weight excluding hydrogens is 252 g/mol. The molecule has 110 valence electrons. The molecular formula is C16H24N2O2. The van der Waals surface area contributed by atoms with Crippen LogP contribution in [0, 0.1) is 0 Å². The van der Waals surface area contributed by atoms with Crippen LogP contribution in [0.25, 0.3) is 0 Å². The van der Waals surface area contributed by atoms with Crippen molar-refractivity contribution < 1.29 is 9.90 Å². The second-order valence-corrected chi connectivity index (χ2v) is 5.95. The van der Waals surface area contributed by atoms with Gasteiger partial charge in [0.2, 0.25) is 0 Å². The van der Waals surface area contributed by atoms with Crippen LogP contribution < -0.4 is 5.32 Å². The summed E-state index contributed by atoms with van der Waals surface area (Å²) in [6, 6.07) is 10.5. The van der Waals surface area contributed by atoms with Gasteiger partial charge in [-0.15, -0.1) is 0 Å². The third-order valence-corrected chi connectivity index (χ3v) is 3.93. The monoisotopic (exact) mass is 276 g/mol. The number of likely N-dealkylation sites (tertiary alicyclic amines) is 1. The molecule has 4 nitrogen and oxygen atoms in total. The molecule has 0 unspecified atom stereocenters. The molecule has 0 saturated carbocycles. The molecule has 2 N–H and O–H groups in total. The van der Waals surface area contributed by atoms with Crippen LogP contribution >= 0.6 is 0 Å². The first-order valence-corrected chi connectivity index (χ1v) is 7.29. The Balaban J connectivity index is 1.95. The fraction of sp³-hybridized carbons (Fsp3) is 0.562. The van der Waals surface area contributed by atoms with Gasteiger partial charge in [-0.05, 0) is 32.3 Å². The summed E-state index contributed by atoms with van der Waals surface area (Å²) in [5.41, 5.74) is 0.536. The minimum absolute atomic E-state index is 0.187. The van der Waals surface area contributed by atoms with Crippen molar-refractivity contribution in [2.24, 2.45) is 0 Å². The van der Waals surface area contributed by atoms with Crippen molar-refractivity contribution in [1.82, 2.24) is 10.2 Å². The SMILES string of the molecule is CC(C)NC1(C(=O)O)CCN(Cc2ccccc2)CC1. The summed E-state index contributed by atoms with van der Waals surface area (Å²) in [6.45, 7) is 6.54. The number of hydrogen-bond donors (Lipinski definition) is 2. The number of piperidine rings is 1. The van der Waals surface area contributed by atoms with Gasteiger partial charge in [0, 0.05) is 25.7 Å². The molecule has 2 rings (SSSR count). The highest BCUT2D eigenvalue weighted by Gasteiger charge is 2.41. The van der Waals surface area contributed by atoms with Crippen LogP contribution in [0.4, 0.5) is 0 Å². The highest BCUT2D eigenvalue weighted by Crippen LogP contribution is 2.24. The smallest absolute Gasteiger partial charge is 0.324 e. The first kappa shape index (κ1) is 15.0. The number of hydrogen-bond acceptors (Lipinski definition) is 3. The van der Waals surface area contributed by atoms with E-state index < -0.39 is 11.5 Å². The van der Waals surface area contributed by atoms with Crippen molar-refractivity contribution in [3.63, 3.8) is 0 Å². The standard InChI is InChI=1S/C16H24N2O2/c1-13(2)17-16(15(19)20)8-10-18(11-9-16)12-14-6-4-3-5-7-14/h3-7,13,17H,8-12H2,1-2H3,(H,19,20). The number of nitrogens with one attached hydrogen (secondary N) is 1. The summed E-state index contributed by atoms with van der Waals surface area (Å²) in [4.78, 5) is 13.9. The van der Waals surface area contributed by atoms with Gasteiger partial charge in [-0.2, -0.15) is 0 Å². The topological polar surface area (TPSA) is 52.6 Å². The van der Waals surface area contributed by atoms with Crippen molar-refractivity contribution in [3.05, 3.63) is 35.9 Å². The van der Waals surface area contributed by atoms with Gasteiger partial charge in [-0.25, -0.2) is 0 Å². The predicted octanol–water partition coefficient (Wildman–Crippen LogP) is 2.10. The zero-order chi connectivity index (χ0) is 14.6. The van der Waals surface area contributed by atoms with E-state index in [0.717, 1.165) is 19.6 Å². The lowest BCUT2D eigenvalue weighted by molar-refractivity contribution is -0.147. The molecule has 0 aliphatic carbocycles. The summed E-state index contributed by atoms with van der Waals surface area (Å²) >= 11 is 0. The summed E-state index contributed by atoms with van der Waals surface area (Å²) in [5.74, 6) is -0.717. The largest absolute Gasteiger partial charge is 0.480 e. The normalized spacial score (nSPS) is 19.1. The Morgan fingerprint density at radius 3 is 2.40 bits per heavy atom. The average Bonchev–Trinajstić information content (AvgIpc) is 2.41. The Morgan fingerprint density at radius 1 is 1.30 bits per heavy atom. The molecule has 1 aliphatic heterocycles. The first-order valence-electron chi connectivity index (χ1n) is 7.29. The zero-order valence-corrected chi connectivity index (χ0v) is 12.3. The molecule has 4 heteroatoms. The zero-order valence-electron chi connectivity index (χ0n) is 12.3. The Labute approximate surface area is 120 Å². The van der Waals surface area contributed by atoms with Crippen LogP contribution in [-0.2, 0) is 11.3 Å². The first-order chi connectivity index (χ1) is 9.52. The molecule has 1 heterocycles. The molecule has 20 heavy (non-hydrogen) atoms. The second-order valence-electron chi connectivity index (χ2n) is 5.95. The van der Waals surface area contributed by atoms with Crippen molar-refractivity contribution in [3.8, 4) is 0 Å². The van der Waals surface area contributed by atoms with Gasteiger partial charge >= 0.3 is 5.97 Å². The van der Waals surface area contributed by atoms with Crippen molar-refractivity contribution in [2.45, 2.75) is 44.8 Å². The number of carboxylic acid groups (broad SMARTS) is 1. The van der Waals surface area contributed by atoms with E-state index in [1.165, 1.54) is 5.56 Å². The molecule has 0 amide bonds. The van der Waals surface area contributed by atoms with Crippen LogP contribution in [-0.4, -0.2) is 40.6 Å². The Hall–Kier alpha value is -1.39. The van der Waals surface area contributed by atoms with E-state index in [1.54, 1.807) is 0 Å². The highest BCUT2D eigenvalue weighted by atomic mass is 16.4. The number of benzene rings is 1. The van der Waals surface area contributed by atoms with Crippen LogP contribution in [0.1, 0.15) is 32.3 Å². The van der Waals surface area contributed by atoms with Gasteiger partial charge in [0.05, 0.1) is 0 Å². The van der Waals surface area contributed by atoms with Crippen LogP contribution in [0.3, 0.4) is 0 Å². The maximum absolute atomic E-state index is 11.6. The van der Waals surface area contributed by atoms with Gasteiger partial charge in [-0.1, -0.05) is 30.3 Å². The fourth-order valence-corrected chi connectivity index (χ4v) is 2.91. The van der Waals surface area contributed by atoms with Gasteiger partial charge < -0.3 is 5.11 Å². The molecule has 1 aromatic carbocycles. The lowest BCUT2D eigenvalue weighted by Crippen LogP contribution is -2.60. The summed E-state index contributed by atoms with van der Waals surface area (Å²) < 4.78 is 0. The van der Waals surface area contributed by atoms with Crippen molar-refractivity contribution >= 4 is 5.97 Å². The Bertz CT molecular complexity index is 437. The van der Waals surface area contributed by atoms with Gasteiger partial charge in [0.1, 0.15) is 5.54 Å². The summed E-state index contributed by atoms with van der Waals surface area (Å²) in [5, 5.41) is 12.8. The molecule has 0 radical (unpaired) electrons. The lowest BCUT2D eigenvalue weighted by atomic mass is 9.86. The van der Waals surface area contributed by atoms with E-state index in [4.69, 9.17) is 0 Å². The van der Waals surface area contributed by atoms with E-state index in [1.807, 2.05) is 32.0 Å².